The van der Waals surface area contributed by atoms with Gasteiger partial charge in [-0.3, -0.25) is 9.59 Å². The summed E-state index contributed by atoms with van der Waals surface area (Å²) in [4.78, 5) is 52.2. The molecule has 1 aromatic heterocycles. The van der Waals surface area contributed by atoms with Gasteiger partial charge in [0.15, 0.2) is 11.6 Å². The zero-order chi connectivity index (χ0) is 42.1. The quantitative estimate of drug-likeness (QED) is 0.0874. The Morgan fingerprint density at radius 1 is 0.607 bits per heavy atom. The molecule has 1 heterocycles. The molecule has 4 saturated carbocycles. The van der Waals surface area contributed by atoms with Gasteiger partial charge in [0.05, 0.1) is 5.97 Å². The summed E-state index contributed by atoms with van der Waals surface area (Å²) in [6, 6.07) is 22.2. The minimum Gasteiger partial charge on any atom is -0.872 e. The van der Waals surface area contributed by atoms with Gasteiger partial charge in [-0.15, -0.1) is 12.3 Å². The van der Waals surface area contributed by atoms with Gasteiger partial charge in [0, 0.05) is 27.9 Å². The van der Waals surface area contributed by atoms with E-state index in [1.807, 2.05) is 60.7 Å². The van der Waals surface area contributed by atoms with Gasteiger partial charge in [0.1, 0.15) is 0 Å². The van der Waals surface area contributed by atoms with Gasteiger partial charge in [-0.1, -0.05) is 77.9 Å². The number of nitrogens with zero attached hydrogens (tertiary/aromatic N) is 3. The molecule has 4 aliphatic carbocycles. The van der Waals surface area contributed by atoms with E-state index in [1.165, 1.54) is 6.08 Å². The Kier molecular flexibility index (Phi) is 12.9. The van der Waals surface area contributed by atoms with Crippen LogP contribution in [0.5, 0.6) is 0 Å². The van der Waals surface area contributed by atoms with Crippen LogP contribution in [-0.4, -0.2) is 32.5 Å². The van der Waals surface area contributed by atoms with Crippen LogP contribution in [-0.2, 0) is 14.4 Å². The number of hydrogen-bond donors (Lipinski definition) is 3. The number of carbonyl (C=O) groups is 3. The van der Waals surface area contributed by atoms with E-state index >= 15 is 0 Å². The fourth-order valence-corrected chi connectivity index (χ4v) is 9.89. The molecule has 0 amide bonds. The maximum Gasteiger partial charge on any atom is 1.00 e. The maximum atomic E-state index is 13.4. The molecule has 11 nitrogen and oxygen atoms in total. The Bertz CT molecular complexity index is 2370. The zero-order valence-electron chi connectivity index (χ0n) is 36.2. The number of anilines is 6. The van der Waals surface area contributed by atoms with Gasteiger partial charge in [0.2, 0.25) is 17.8 Å². The van der Waals surface area contributed by atoms with Crippen molar-refractivity contribution < 1.29 is 83.7 Å². The van der Waals surface area contributed by atoms with E-state index in [9.17, 15) is 24.6 Å². The van der Waals surface area contributed by atoms with Crippen LogP contribution in [0.25, 0.3) is 18.2 Å². The summed E-state index contributed by atoms with van der Waals surface area (Å²) in [5, 5.41) is 32.8. The van der Waals surface area contributed by atoms with Crippen LogP contribution in [0.1, 0.15) is 83.9 Å². The van der Waals surface area contributed by atoms with Crippen molar-refractivity contribution in [2.24, 2.45) is 33.5 Å². The number of benzene rings is 3. The van der Waals surface area contributed by atoms with E-state index in [4.69, 9.17) is 0 Å². The Labute approximate surface area is 401 Å². The number of aliphatic carboxylic acids is 1. The Morgan fingerprint density at radius 2 is 0.934 bits per heavy atom. The summed E-state index contributed by atoms with van der Waals surface area (Å²) >= 11 is 0. The molecule has 4 atom stereocenters. The number of carbonyl (C=O) groups excluding carboxylic acids is 3. The first kappa shape index (κ1) is 46.2. The van der Waals surface area contributed by atoms with E-state index in [2.05, 4.69) is 79.0 Å². The average Bonchev–Trinajstić information content (AvgIpc) is 3.67. The third-order valence-electron chi connectivity index (χ3n) is 14.3. The van der Waals surface area contributed by atoms with Crippen LogP contribution in [0.15, 0.2) is 102 Å². The fraction of sp³-hybridized carbons (Fsp3) is 0.333. The van der Waals surface area contributed by atoms with Crippen molar-refractivity contribution in [1.29, 1.82) is 0 Å². The summed E-state index contributed by atoms with van der Waals surface area (Å²) in [6.45, 7) is 16.2. The van der Waals surface area contributed by atoms with Crippen LogP contribution in [0.4, 0.5) is 34.9 Å². The molecular weight excluding hydrogens is 787 g/mol. The predicted molar refractivity (Wildman–Crippen MR) is 226 cm³/mol. The topological polar surface area (TPSA) is 172 Å². The molecular formula is C48H48N6Na2O5. The van der Waals surface area contributed by atoms with Gasteiger partial charge in [-0.25, -0.2) is 0 Å². The molecule has 13 heteroatoms. The number of ketones is 2. The average molecular weight is 835 g/mol. The monoisotopic (exact) mass is 834 g/mol. The standard InChI is InChI=1S/C48H50N6O5.2Na/c1-27(55)34(41(58)59)24-28-8-14-31(15-9-28)49-42-52-43(50-32-16-10-29(11-17-32)25-35-37-20-22-47(6,39(35)56)45(37,2)3)54-44(53-42)51-33-18-12-30(13-19-33)26-36-38-21-23-48(7,40(36)57)46(38,4)5;;/h8-19,24-26,37-38,55H,1,20-23H2,2-7H3,(H,58,59)(H3,49,50,51,52,53,54);;/q;2*+1/p-2/b34-24-,35-25+,36-26+;;. The molecule has 3 N–H and O–H groups in total. The third kappa shape index (κ3) is 8.21. The van der Waals surface area contributed by atoms with Crippen molar-refractivity contribution in [2.45, 2.75) is 67.2 Å². The molecule has 302 valence electrons. The first-order valence-corrected chi connectivity index (χ1v) is 20.1. The van der Waals surface area contributed by atoms with Crippen LogP contribution in [0.2, 0.25) is 0 Å². The van der Waals surface area contributed by atoms with Crippen LogP contribution in [0, 0.1) is 33.5 Å². The predicted octanol–water partition coefficient (Wildman–Crippen LogP) is 1.93. The molecule has 0 aliphatic heterocycles. The van der Waals surface area contributed by atoms with Crippen LogP contribution < -0.4 is 85.3 Å². The number of fused-ring (bicyclic) bond motifs is 4. The summed E-state index contributed by atoms with van der Waals surface area (Å²) < 4.78 is 0. The second-order valence-corrected chi connectivity index (χ2v) is 18.0. The summed E-state index contributed by atoms with van der Waals surface area (Å²) in [7, 11) is 0. The molecule has 0 saturated heterocycles. The van der Waals surface area contributed by atoms with E-state index in [0.717, 1.165) is 59.3 Å². The number of Topliss-reactive ketones (excluding diaryl/α,β-unsaturated/α-hetero) is 2. The van der Waals surface area contributed by atoms with Crippen molar-refractivity contribution in [1.82, 2.24) is 15.0 Å². The van der Waals surface area contributed by atoms with E-state index < -0.39 is 17.3 Å². The second-order valence-electron chi connectivity index (χ2n) is 18.0. The zero-order valence-corrected chi connectivity index (χ0v) is 40.2. The van der Waals surface area contributed by atoms with Crippen molar-refractivity contribution in [3.05, 3.63) is 119 Å². The van der Waals surface area contributed by atoms with Gasteiger partial charge in [0.25, 0.3) is 0 Å². The first-order valence-electron chi connectivity index (χ1n) is 20.1. The molecule has 4 aliphatic rings. The maximum absolute atomic E-state index is 13.4. The number of aromatic nitrogens is 3. The van der Waals surface area contributed by atoms with Crippen LogP contribution in [0.3, 0.4) is 0 Å². The summed E-state index contributed by atoms with van der Waals surface area (Å²) in [5.41, 5.74) is 4.93. The van der Waals surface area contributed by atoms with Gasteiger partial charge >= 0.3 is 59.1 Å². The van der Waals surface area contributed by atoms with E-state index in [-0.39, 0.29) is 122 Å². The number of nitrogens with one attached hydrogen (secondary N) is 3. The molecule has 4 aromatic rings. The summed E-state index contributed by atoms with van der Waals surface area (Å²) in [6.07, 6.45) is 9.19. The van der Waals surface area contributed by atoms with E-state index in [0.29, 0.717) is 11.3 Å². The Balaban J connectivity index is 0.00000311. The van der Waals surface area contributed by atoms with Gasteiger partial charge in [-0.05, 0) is 136 Å². The second kappa shape index (κ2) is 17.1. The molecule has 4 fully saturated rings. The SMILES string of the molecule is C=C([O-])/C(=C/c1ccc(Nc2nc(Nc3ccc(/C=C4/C(=O)C5(C)CCC4C5(C)C)cc3)nc(Nc3ccc(/C=C4/C(=O)C5(C)CCC4C5(C)C)cc3)n2)cc1)C(=O)[O-].[Na+].[Na+]. The van der Waals surface area contributed by atoms with Gasteiger partial charge in [-0.2, -0.15) is 15.0 Å². The minimum atomic E-state index is -1.60. The molecule has 0 radical (unpaired) electrons. The number of carboxylic acids is 1. The molecule has 8 rings (SSSR count). The minimum absolute atomic E-state index is 0. The molecule has 3 aromatic carbocycles. The molecule has 61 heavy (non-hydrogen) atoms. The number of allylic oxidation sites excluding steroid dienone is 2. The number of carboxylic acid groups (broad SMARTS) is 1. The molecule has 4 unspecified atom stereocenters. The molecule has 0 spiro atoms. The largest absolute Gasteiger partial charge is 1.00 e. The Morgan fingerprint density at radius 3 is 1.21 bits per heavy atom. The van der Waals surface area contributed by atoms with Crippen molar-refractivity contribution in [2.75, 3.05) is 16.0 Å². The van der Waals surface area contributed by atoms with Crippen molar-refractivity contribution in [3.63, 3.8) is 0 Å². The van der Waals surface area contributed by atoms with Crippen molar-refractivity contribution in [3.8, 4) is 0 Å². The first-order chi connectivity index (χ1) is 27.9. The number of hydrogen-bond acceptors (Lipinski definition) is 11. The fourth-order valence-electron chi connectivity index (χ4n) is 9.89. The Hall–Kier alpha value is -4.36. The number of rotatable bonds is 11. The van der Waals surface area contributed by atoms with Gasteiger partial charge < -0.3 is 31.0 Å². The third-order valence-corrected chi connectivity index (χ3v) is 14.3. The van der Waals surface area contributed by atoms with Crippen LogP contribution >= 0.6 is 0 Å². The normalized spacial score (nSPS) is 25.6. The van der Waals surface area contributed by atoms with Crippen molar-refractivity contribution >= 4 is 70.7 Å². The van der Waals surface area contributed by atoms with E-state index in [1.54, 1.807) is 24.3 Å². The summed E-state index contributed by atoms with van der Waals surface area (Å²) in [5.74, 6) is -0.694. The molecule has 4 bridgehead atoms. The smallest absolute Gasteiger partial charge is 0.872 e.